The maximum Gasteiger partial charge on any atom is 0.299 e. The Kier molecular flexibility index (Phi) is 3.31. The molecule has 5 nitrogen and oxygen atoms in total. The molecule has 0 aliphatic carbocycles. The fourth-order valence-corrected chi connectivity index (χ4v) is 3.04. The van der Waals surface area contributed by atoms with Gasteiger partial charge in [0, 0.05) is 18.0 Å². The topological polar surface area (TPSA) is 52.3 Å². The molecular formula is C17H14N4OS. The second kappa shape index (κ2) is 5.48. The molecule has 3 heterocycles. The van der Waals surface area contributed by atoms with Crippen molar-refractivity contribution in [2.24, 2.45) is 0 Å². The standard InChI is InChI=1S/C17H14N4OS/c1-11-5-6-12(2)15(8-11)22-17-20-21-10-14(19-16(21)23-17)13-4-3-7-18-9-13/h3-10H,1-2H3. The van der Waals surface area contributed by atoms with Crippen LogP contribution < -0.4 is 4.74 Å². The quantitative estimate of drug-likeness (QED) is 0.565. The monoisotopic (exact) mass is 322 g/mol. The van der Waals surface area contributed by atoms with E-state index in [0.29, 0.717) is 5.19 Å². The lowest BCUT2D eigenvalue weighted by Gasteiger charge is -2.05. The highest BCUT2D eigenvalue weighted by Gasteiger charge is 2.12. The Morgan fingerprint density at radius 1 is 1.17 bits per heavy atom. The Bertz CT molecular complexity index is 943. The normalized spacial score (nSPS) is 11.0. The van der Waals surface area contributed by atoms with E-state index in [9.17, 15) is 0 Å². The zero-order valence-electron chi connectivity index (χ0n) is 12.7. The highest BCUT2D eigenvalue weighted by molar-refractivity contribution is 7.18. The van der Waals surface area contributed by atoms with Crippen LogP contribution in [-0.4, -0.2) is 19.6 Å². The molecule has 0 atom stereocenters. The van der Waals surface area contributed by atoms with Crippen molar-refractivity contribution in [3.8, 4) is 22.2 Å². The van der Waals surface area contributed by atoms with Crippen LogP contribution in [0.4, 0.5) is 0 Å². The van der Waals surface area contributed by atoms with Gasteiger partial charge in [0.15, 0.2) is 0 Å². The van der Waals surface area contributed by atoms with Gasteiger partial charge in [-0.15, -0.1) is 5.10 Å². The molecule has 0 bridgehead atoms. The van der Waals surface area contributed by atoms with Crippen LogP contribution in [0.1, 0.15) is 11.1 Å². The minimum atomic E-state index is 0.582. The Hall–Kier alpha value is -2.73. The highest BCUT2D eigenvalue weighted by Crippen LogP contribution is 2.30. The molecule has 0 aliphatic rings. The van der Waals surface area contributed by atoms with Gasteiger partial charge < -0.3 is 4.74 Å². The Morgan fingerprint density at radius 3 is 2.87 bits per heavy atom. The van der Waals surface area contributed by atoms with Gasteiger partial charge in [-0.1, -0.05) is 12.1 Å². The SMILES string of the molecule is Cc1ccc(C)c(Oc2nn3cc(-c4cccnc4)nc3s2)c1. The summed E-state index contributed by atoms with van der Waals surface area (Å²) in [6.07, 6.45) is 5.43. The van der Waals surface area contributed by atoms with Crippen LogP contribution in [0.2, 0.25) is 0 Å². The van der Waals surface area contributed by atoms with E-state index in [1.54, 1.807) is 16.9 Å². The predicted molar refractivity (Wildman–Crippen MR) is 90.1 cm³/mol. The van der Waals surface area contributed by atoms with Gasteiger partial charge in [-0.3, -0.25) is 4.98 Å². The summed E-state index contributed by atoms with van der Waals surface area (Å²) >= 11 is 1.42. The average molecular weight is 322 g/mol. The minimum absolute atomic E-state index is 0.582. The lowest BCUT2D eigenvalue weighted by atomic mass is 10.1. The predicted octanol–water partition coefficient (Wildman–Crippen LogP) is 4.26. The summed E-state index contributed by atoms with van der Waals surface area (Å²) in [6.45, 7) is 4.06. The van der Waals surface area contributed by atoms with Crippen molar-refractivity contribution in [1.29, 1.82) is 0 Å². The molecule has 0 spiro atoms. The molecule has 0 radical (unpaired) electrons. The summed E-state index contributed by atoms with van der Waals surface area (Å²) < 4.78 is 7.66. The Balaban J connectivity index is 1.65. The van der Waals surface area contributed by atoms with Crippen LogP contribution in [0.15, 0.2) is 48.9 Å². The number of pyridine rings is 1. The highest BCUT2D eigenvalue weighted by atomic mass is 32.1. The first-order valence-corrected chi connectivity index (χ1v) is 8.02. The smallest absolute Gasteiger partial charge is 0.299 e. The number of aryl methyl sites for hydroxylation is 2. The number of benzene rings is 1. The fourth-order valence-electron chi connectivity index (χ4n) is 2.29. The van der Waals surface area contributed by atoms with Crippen LogP contribution in [0.3, 0.4) is 0 Å². The molecule has 0 saturated carbocycles. The largest absolute Gasteiger partial charge is 0.430 e. The lowest BCUT2D eigenvalue weighted by molar-refractivity contribution is 0.466. The Morgan fingerprint density at radius 2 is 2.09 bits per heavy atom. The fraction of sp³-hybridized carbons (Fsp3) is 0.118. The summed E-state index contributed by atoms with van der Waals surface area (Å²) in [4.78, 5) is 9.50. The lowest BCUT2D eigenvalue weighted by Crippen LogP contribution is -1.89. The van der Waals surface area contributed by atoms with Crippen LogP contribution in [0.5, 0.6) is 10.9 Å². The van der Waals surface area contributed by atoms with Crippen molar-refractivity contribution < 1.29 is 4.74 Å². The molecule has 4 rings (SSSR count). The third kappa shape index (κ3) is 2.68. The van der Waals surface area contributed by atoms with Crippen molar-refractivity contribution in [3.05, 3.63) is 60.0 Å². The number of hydrogen-bond acceptors (Lipinski definition) is 5. The molecule has 3 aromatic heterocycles. The van der Waals surface area contributed by atoms with E-state index in [1.165, 1.54) is 11.3 Å². The minimum Gasteiger partial charge on any atom is -0.430 e. The van der Waals surface area contributed by atoms with Crippen LogP contribution in [0, 0.1) is 13.8 Å². The number of nitrogens with zero attached hydrogens (tertiary/aromatic N) is 4. The van der Waals surface area contributed by atoms with Crippen molar-refractivity contribution >= 4 is 16.3 Å². The first-order chi connectivity index (χ1) is 11.2. The summed E-state index contributed by atoms with van der Waals surface area (Å²) in [7, 11) is 0. The first kappa shape index (κ1) is 13.9. The molecular weight excluding hydrogens is 308 g/mol. The first-order valence-electron chi connectivity index (χ1n) is 7.21. The molecule has 0 aliphatic heterocycles. The maximum absolute atomic E-state index is 5.91. The summed E-state index contributed by atoms with van der Waals surface area (Å²) in [5.74, 6) is 0.828. The maximum atomic E-state index is 5.91. The number of hydrogen-bond donors (Lipinski definition) is 0. The van der Waals surface area contributed by atoms with Crippen molar-refractivity contribution in [2.75, 3.05) is 0 Å². The summed E-state index contributed by atoms with van der Waals surface area (Å²) in [5.41, 5.74) is 4.07. The molecule has 114 valence electrons. The van der Waals surface area contributed by atoms with E-state index < -0.39 is 0 Å². The molecule has 0 unspecified atom stereocenters. The molecule has 4 aromatic rings. The zero-order chi connectivity index (χ0) is 15.8. The van der Waals surface area contributed by atoms with E-state index in [-0.39, 0.29) is 0 Å². The number of fused-ring (bicyclic) bond motifs is 1. The molecule has 6 heteroatoms. The molecule has 1 aromatic carbocycles. The van der Waals surface area contributed by atoms with E-state index >= 15 is 0 Å². The number of rotatable bonds is 3. The van der Waals surface area contributed by atoms with Crippen LogP contribution >= 0.6 is 11.3 Å². The summed E-state index contributed by atoms with van der Waals surface area (Å²) in [5, 5.41) is 5.04. The van der Waals surface area contributed by atoms with Crippen molar-refractivity contribution in [3.63, 3.8) is 0 Å². The van der Waals surface area contributed by atoms with Gasteiger partial charge in [-0.2, -0.15) is 0 Å². The van der Waals surface area contributed by atoms with Gasteiger partial charge in [-0.25, -0.2) is 9.50 Å². The molecule has 23 heavy (non-hydrogen) atoms. The zero-order valence-corrected chi connectivity index (χ0v) is 13.5. The molecule has 0 amide bonds. The molecule has 0 saturated heterocycles. The van der Waals surface area contributed by atoms with Gasteiger partial charge in [0.25, 0.3) is 5.19 Å². The third-order valence-electron chi connectivity index (χ3n) is 3.52. The van der Waals surface area contributed by atoms with Crippen molar-refractivity contribution in [1.82, 2.24) is 19.6 Å². The van der Waals surface area contributed by atoms with E-state index in [1.807, 2.05) is 44.3 Å². The van der Waals surface area contributed by atoms with E-state index in [0.717, 1.165) is 33.1 Å². The van der Waals surface area contributed by atoms with Gasteiger partial charge in [0.2, 0.25) is 4.96 Å². The third-order valence-corrected chi connectivity index (χ3v) is 4.32. The Labute approximate surface area is 137 Å². The number of imidazole rings is 1. The summed E-state index contributed by atoms with van der Waals surface area (Å²) in [6, 6.07) is 10.00. The second-order valence-electron chi connectivity index (χ2n) is 5.33. The van der Waals surface area contributed by atoms with E-state index in [2.05, 4.69) is 21.1 Å². The van der Waals surface area contributed by atoms with Gasteiger partial charge in [0.05, 0.1) is 11.9 Å². The van der Waals surface area contributed by atoms with Crippen LogP contribution in [-0.2, 0) is 0 Å². The number of ether oxygens (including phenoxy) is 1. The molecule has 0 N–H and O–H groups in total. The average Bonchev–Trinajstić information content (AvgIpc) is 3.10. The van der Waals surface area contributed by atoms with Crippen LogP contribution in [0.25, 0.3) is 16.2 Å². The van der Waals surface area contributed by atoms with Gasteiger partial charge in [-0.05, 0) is 54.5 Å². The van der Waals surface area contributed by atoms with Gasteiger partial charge in [0.1, 0.15) is 5.75 Å². The van der Waals surface area contributed by atoms with Crippen molar-refractivity contribution in [2.45, 2.75) is 13.8 Å². The number of aromatic nitrogens is 4. The molecule has 0 fully saturated rings. The van der Waals surface area contributed by atoms with Gasteiger partial charge >= 0.3 is 0 Å². The van der Waals surface area contributed by atoms with E-state index in [4.69, 9.17) is 4.74 Å². The second-order valence-corrected chi connectivity index (χ2v) is 6.25.